The molecule has 0 unspecified atom stereocenters. The van der Waals surface area contributed by atoms with Crippen molar-refractivity contribution in [2.75, 3.05) is 18.0 Å². The molecule has 1 fully saturated rings. The first kappa shape index (κ1) is 19.8. The van der Waals surface area contributed by atoms with Gasteiger partial charge in [-0.3, -0.25) is 0 Å². The Balaban J connectivity index is 1.89. The summed E-state index contributed by atoms with van der Waals surface area (Å²) >= 11 is 0.892. The molecule has 28 heavy (non-hydrogen) atoms. The smallest absolute Gasteiger partial charge is 0.417 e. The van der Waals surface area contributed by atoms with E-state index < -0.39 is 29.1 Å². The van der Waals surface area contributed by atoms with Crippen molar-refractivity contribution >= 4 is 28.0 Å². The fraction of sp³-hybridized carbons (Fsp3) is 0.294. The Kier molecular flexibility index (Phi) is 5.33. The Hall–Kier alpha value is -3.00. The number of hydrogen-bond acceptors (Lipinski definition) is 6. The lowest BCUT2D eigenvalue weighted by atomic mass is 9.91. The molecule has 0 spiro atoms. The quantitative estimate of drug-likeness (QED) is 0.606. The number of halogens is 4. The van der Waals surface area contributed by atoms with Crippen LogP contribution in [0.4, 0.5) is 22.7 Å². The summed E-state index contributed by atoms with van der Waals surface area (Å²) in [7, 11) is 0. The molecule has 0 atom stereocenters. The maximum atomic E-state index is 13.6. The van der Waals surface area contributed by atoms with Gasteiger partial charge >= 0.3 is 12.1 Å². The zero-order valence-corrected chi connectivity index (χ0v) is 14.9. The van der Waals surface area contributed by atoms with Crippen LogP contribution in [0.25, 0.3) is 5.57 Å². The van der Waals surface area contributed by atoms with E-state index in [9.17, 15) is 27.6 Å². The average molecular weight is 412 g/mol. The Bertz CT molecular complexity index is 984. The average Bonchev–Trinajstić information content (AvgIpc) is 3.12. The maximum Gasteiger partial charge on any atom is 0.417 e. The molecular weight excluding hydrogens is 400 g/mol. The first-order valence-electron chi connectivity index (χ1n) is 8.01. The molecule has 2 aromatic rings. The summed E-state index contributed by atoms with van der Waals surface area (Å²) in [6.07, 6.45) is -4.19. The van der Waals surface area contributed by atoms with E-state index in [0.29, 0.717) is 35.9 Å². The lowest BCUT2D eigenvalue weighted by molar-refractivity contribution is -0.137. The number of carboxylic acids is 1. The van der Waals surface area contributed by atoms with Crippen molar-refractivity contribution in [3.8, 4) is 6.07 Å². The monoisotopic (exact) mass is 412 g/mol. The maximum absolute atomic E-state index is 13.6. The number of aromatic nitrogens is 2. The molecule has 11 heteroatoms. The van der Waals surface area contributed by atoms with Gasteiger partial charge in [-0.15, -0.1) is 10.2 Å². The van der Waals surface area contributed by atoms with Crippen molar-refractivity contribution in [2.45, 2.75) is 19.0 Å². The number of benzene rings is 1. The second kappa shape index (κ2) is 7.55. The molecule has 1 aromatic heterocycles. The Labute approximate surface area is 160 Å². The van der Waals surface area contributed by atoms with Crippen LogP contribution in [0.2, 0.25) is 0 Å². The molecule has 1 N–H and O–H groups in total. The van der Waals surface area contributed by atoms with E-state index in [2.05, 4.69) is 10.2 Å². The van der Waals surface area contributed by atoms with E-state index >= 15 is 0 Å². The van der Waals surface area contributed by atoms with E-state index in [1.807, 2.05) is 0 Å². The number of allylic oxidation sites excluding steroid dienone is 1. The minimum Gasteiger partial charge on any atom is -0.476 e. The van der Waals surface area contributed by atoms with Gasteiger partial charge in [0.25, 0.3) is 0 Å². The zero-order chi connectivity index (χ0) is 20.5. The summed E-state index contributed by atoms with van der Waals surface area (Å²) in [6.45, 7) is 0.650. The number of hydrogen-bond donors (Lipinski definition) is 1. The Morgan fingerprint density at radius 2 is 1.93 bits per heavy atom. The number of carboxylic acid groups (broad SMARTS) is 1. The number of nitrogens with zero attached hydrogens (tertiary/aromatic N) is 4. The van der Waals surface area contributed by atoms with Gasteiger partial charge in [-0.05, 0) is 36.6 Å². The van der Waals surface area contributed by atoms with Crippen molar-refractivity contribution in [1.82, 2.24) is 10.2 Å². The molecule has 0 amide bonds. The van der Waals surface area contributed by atoms with Crippen LogP contribution in [0.5, 0.6) is 0 Å². The Morgan fingerprint density at radius 1 is 1.25 bits per heavy atom. The third kappa shape index (κ3) is 3.96. The lowest BCUT2D eigenvalue weighted by Crippen LogP contribution is -2.30. The standard InChI is InChI=1S/C17H12F4N4O2S/c18-10-1-2-13(17(19,20)21)11(7-10)12(8-22)9-3-5-25(6-4-9)16-24-23-14(28-16)15(26)27/h1-2,7H,3-6H2,(H,26,27). The van der Waals surface area contributed by atoms with Crippen molar-refractivity contribution < 1.29 is 27.5 Å². The van der Waals surface area contributed by atoms with Gasteiger partial charge in [-0.25, -0.2) is 9.18 Å². The molecule has 6 nitrogen and oxygen atoms in total. The summed E-state index contributed by atoms with van der Waals surface area (Å²) in [6, 6.07) is 3.86. The van der Waals surface area contributed by atoms with Crippen LogP contribution in [0.3, 0.4) is 0 Å². The fourth-order valence-electron chi connectivity index (χ4n) is 2.95. The molecule has 0 radical (unpaired) electrons. The van der Waals surface area contributed by atoms with Gasteiger partial charge in [0.1, 0.15) is 5.82 Å². The van der Waals surface area contributed by atoms with E-state index in [1.54, 1.807) is 11.0 Å². The summed E-state index contributed by atoms with van der Waals surface area (Å²) in [5.41, 5.74) is -1.23. The molecule has 3 rings (SSSR count). The first-order valence-corrected chi connectivity index (χ1v) is 8.83. The summed E-state index contributed by atoms with van der Waals surface area (Å²) in [4.78, 5) is 12.6. The third-order valence-corrected chi connectivity index (χ3v) is 5.23. The van der Waals surface area contributed by atoms with Gasteiger partial charge in [0.2, 0.25) is 10.1 Å². The number of nitriles is 1. The van der Waals surface area contributed by atoms with E-state index in [0.717, 1.165) is 17.4 Å². The van der Waals surface area contributed by atoms with Crippen LogP contribution in [-0.4, -0.2) is 34.4 Å². The van der Waals surface area contributed by atoms with Gasteiger partial charge in [0.15, 0.2) is 0 Å². The van der Waals surface area contributed by atoms with E-state index in [-0.39, 0.29) is 23.4 Å². The number of anilines is 1. The van der Waals surface area contributed by atoms with Crippen LogP contribution in [0, 0.1) is 17.1 Å². The molecule has 0 bridgehead atoms. The van der Waals surface area contributed by atoms with Crippen LogP contribution in [0.15, 0.2) is 23.8 Å². The minimum atomic E-state index is -4.72. The van der Waals surface area contributed by atoms with Crippen molar-refractivity contribution in [2.24, 2.45) is 0 Å². The minimum absolute atomic E-state index is 0.163. The number of rotatable bonds is 3. The molecule has 1 aliphatic rings. The summed E-state index contributed by atoms with van der Waals surface area (Å²) in [5, 5.41) is 25.9. The van der Waals surface area contributed by atoms with Crippen LogP contribution >= 0.6 is 11.3 Å². The van der Waals surface area contributed by atoms with Gasteiger partial charge in [-0.1, -0.05) is 11.3 Å². The Morgan fingerprint density at radius 3 is 2.46 bits per heavy atom. The number of piperidine rings is 1. The van der Waals surface area contributed by atoms with Crippen LogP contribution in [-0.2, 0) is 6.18 Å². The number of aromatic carboxylic acids is 1. The highest BCUT2D eigenvalue weighted by Crippen LogP contribution is 2.38. The highest BCUT2D eigenvalue weighted by molar-refractivity contribution is 7.17. The number of alkyl halides is 3. The first-order chi connectivity index (χ1) is 13.2. The lowest BCUT2D eigenvalue weighted by Gasteiger charge is -2.28. The van der Waals surface area contributed by atoms with Gasteiger partial charge in [0, 0.05) is 18.7 Å². The second-order valence-electron chi connectivity index (χ2n) is 5.96. The molecule has 0 saturated carbocycles. The molecule has 0 aliphatic carbocycles. The SMILES string of the molecule is N#CC(=C1CCN(c2nnc(C(=O)O)s2)CC1)c1cc(F)ccc1C(F)(F)F. The molecule has 1 aliphatic heterocycles. The van der Waals surface area contributed by atoms with E-state index in [4.69, 9.17) is 5.11 Å². The largest absolute Gasteiger partial charge is 0.476 e. The molecule has 146 valence electrons. The zero-order valence-electron chi connectivity index (χ0n) is 14.1. The molecule has 1 saturated heterocycles. The normalized spacial score (nSPS) is 14.7. The van der Waals surface area contributed by atoms with Gasteiger partial charge < -0.3 is 10.0 Å². The molecule has 2 heterocycles. The summed E-state index contributed by atoms with van der Waals surface area (Å²) in [5.74, 6) is -2.05. The van der Waals surface area contributed by atoms with Crippen LogP contribution in [0.1, 0.15) is 33.8 Å². The van der Waals surface area contributed by atoms with Crippen molar-refractivity contribution in [1.29, 1.82) is 5.26 Å². The predicted octanol–water partition coefficient (Wildman–Crippen LogP) is 3.97. The van der Waals surface area contributed by atoms with Crippen LogP contribution < -0.4 is 4.90 Å². The van der Waals surface area contributed by atoms with E-state index in [1.165, 1.54) is 0 Å². The fourth-order valence-corrected chi connectivity index (χ4v) is 3.68. The highest BCUT2D eigenvalue weighted by atomic mass is 32.1. The van der Waals surface area contributed by atoms with Crippen molar-refractivity contribution in [3.05, 3.63) is 45.7 Å². The highest BCUT2D eigenvalue weighted by Gasteiger charge is 2.35. The van der Waals surface area contributed by atoms with Crippen molar-refractivity contribution in [3.63, 3.8) is 0 Å². The van der Waals surface area contributed by atoms with Gasteiger partial charge in [-0.2, -0.15) is 18.4 Å². The number of carbonyl (C=O) groups is 1. The molecular formula is C17H12F4N4O2S. The third-order valence-electron chi connectivity index (χ3n) is 4.26. The predicted molar refractivity (Wildman–Crippen MR) is 92.3 cm³/mol. The summed E-state index contributed by atoms with van der Waals surface area (Å²) < 4.78 is 53.4. The van der Waals surface area contributed by atoms with Gasteiger partial charge in [0.05, 0.1) is 17.2 Å². The second-order valence-corrected chi connectivity index (χ2v) is 6.92. The topological polar surface area (TPSA) is 90.1 Å². The molecule has 1 aromatic carbocycles.